The van der Waals surface area contributed by atoms with Crippen LogP contribution in [0, 0.1) is 5.92 Å². The molecule has 3 aromatic heterocycles. The van der Waals surface area contributed by atoms with Crippen LogP contribution in [0.3, 0.4) is 0 Å². The zero-order chi connectivity index (χ0) is 28.8. The Balaban J connectivity index is 0.00000253. The van der Waals surface area contributed by atoms with E-state index in [1.807, 2.05) is 13.8 Å². The van der Waals surface area contributed by atoms with Crippen LogP contribution in [-0.2, 0) is 14.8 Å². The Morgan fingerprint density at radius 2 is 2.05 bits per heavy atom. The molecule has 0 spiro atoms. The number of nitrogens with one attached hydrogen (secondary N) is 2. The van der Waals surface area contributed by atoms with Crippen molar-refractivity contribution in [3.8, 4) is 16.5 Å². The summed E-state index contributed by atoms with van der Waals surface area (Å²) in [4.78, 5) is 33.9. The first-order chi connectivity index (χ1) is 19.8. The van der Waals surface area contributed by atoms with Crippen LogP contribution in [0.4, 0.5) is 5.69 Å². The zero-order valence-corrected chi connectivity index (χ0v) is 24.8. The number of likely N-dealkylation sites (tertiary alicyclic amines) is 1. The van der Waals surface area contributed by atoms with Gasteiger partial charge in [-0.15, -0.1) is 11.3 Å². The van der Waals surface area contributed by atoms with Crippen molar-refractivity contribution in [3.63, 3.8) is 0 Å². The molecule has 0 bridgehead atoms. The van der Waals surface area contributed by atoms with Crippen molar-refractivity contribution in [2.75, 3.05) is 44.2 Å². The van der Waals surface area contributed by atoms with Crippen LogP contribution in [0.5, 0.6) is 5.88 Å². The smallest absolute Gasteiger partial charge is 0.280 e. The standard InChI is InChI=1S/C27H35N7O5S2.2H2/c1-3-38-17-18-8-10-34(15-18)16-23(21-11-19(7-9-29-21)33-41(36,37)20-5-6-20)32-26(35)27-30-13-24(40-27)22-12-28-14-25(31-22)39-4-2;;/h7,9,11-14,18,20,23H,3-6,8,10,15-17H2,1-2H3,(H,29,33)(H,32,35);2*1H/t18-,23-;;/m1../s1. The van der Waals surface area contributed by atoms with Crippen molar-refractivity contribution in [2.24, 2.45) is 5.92 Å². The molecule has 5 rings (SSSR count). The lowest BCUT2D eigenvalue weighted by atomic mass is 10.1. The molecule has 41 heavy (non-hydrogen) atoms. The molecule has 1 aliphatic heterocycles. The molecular formula is C27H39N7O5S2. The fraction of sp³-hybridized carbons (Fsp3) is 0.519. The van der Waals surface area contributed by atoms with Gasteiger partial charge in [-0.3, -0.25) is 19.5 Å². The van der Waals surface area contributed by atoms with Crippen molar-refractivity contribution in [1.29, 1.82) is 0 Å². The van der Waals surface area contributed by atoms with Crippen molar-refractivity contribution < 1.29 is 25.5 Å². The molecule has 0 unspecified atom stereocenters. The Kier molecular flexibility index (Phi) is 9.42. The number of amides is 1. The van der Waals surface area contributed by atoms with Crippen LogP contribution in [0.2, 0.25) is 0 Å². The van der Waals surface area contributed by atoms with E-state index in [1.165, 1.54) is 17.5 Å². The highest BCUT2D eigenvalue weighted by Crippen LogP contribution is 2.31. The minimum atomic E-state index is -3.44. The SMILES string of the molecule is CCOC[C@@H]1CCN(C[C@@H](NC(=O)c2ncc(-c3cncc(OCC)n3)s2)c2cc(NS(=O)(=O)C3CC3)ccn2)C1.[HH].[HH]. The molecule has 14 heteroatoms. The molecule has 3 aromatic rings. The summed E-state index contributed by atoms with van der Waals surface area (Å²) in [5, 5.41) is 3.02. The van der Waals surface area contributed by atoms with Gasteiger partial charge in [-0.1, -0.05) is 0 Å². The maximum atomic E-state index is 13.4. The first-order valence-electron chi connectivity index (χ1n) is 13.8. The quantitative estimate of drug-likeness (QED) is 0.279. The number of hydrogen-bond donors (Lipinski definition) is 2. The maximum absolute atomic E-state index is 13.4. The van der Waals surface area contributed by atoms with E-state index in [1.54, 1.807) is 30.7 Å². The largest absolute Gasteiger partial charge is 0.477 e. The van der Waals surface area contributed by atoms with Gasteiger partial charge in [0.1, 0.15) is 5.69 Å². The third-order valence-corrected chi connectivity index (χ3v) is 9.78. The number of rotatable bonds is 14. The summed E-state index contributed by atoms with van der Waals surface area (Å²) in [5.41, 5.74) is 1.56. The lowest BCUT2D eigenvalue weighted by molar-refractivity contribution is 0.0920. The number of carbonyl (C=O) groups excluding carboxylic acids is 1. The number of nitrogens with zero attached hydrogens (tertiary/aromatic N) is 5. The van der Waals surface area contributed by atoms with Gasteiger partial charge in [0, 0.05) is 34.9 Å². The van der Waals surface area contributed by atoms with Gasteiger partial charge in [-0.05, 0) is 57.7 Å². The molecule has 0 aromatic carbocycles. The summed E-state index contributed by atoms with van der Waals surface area (Å²) >= 11 is 1.21. The summed E-state index contributed by atoms with van der Waals surface area (Å²) in [6.07, 6.45) is 8.64. The van der Waals surface area contributed by atoms with Gasteiger partial charge in [0.2, 0.25) is 15.9 Å². The van der Waals surface area contributed by atoms with Crippen molar-refractivity contribution in [1.82, 2.24) is 30.2 Å². The minimum Gasteiger partial charge on any atom is -0.477 e. The molecule has 224 valence electrons. The van der Waals surface area contributed by atoms with Crippen LogP contribution in [0.15, 0.2) is 36.9 Å². The van der Waals surface area contributed by atoms with Crippen LogP contribution >= 0.6 is 11.3 Å². The van der Waals surface area contributed by atoms with Gasteiger partial charge in [0.25, 0.3) is 5.91 Å². The number of pyridine rings is 1. The van der Waals surface area contributed by atoms with E-state index in [-0.39, 0.29) is 19.0 Å². The van der Waals surface area contributed by atoms with Crippen LogP contribution in [0.1, 0.15) is 57.5 Å². The van der Waals surface area contributed by atoms with Gasteiger partial charge in [-0.2, -0.15) is 0 Å². The van der Waals surface area contributed by atoms with Gasteiger partial charge in [-0.25, -0.2) is 18.4 Å². The Hall–Kier alpha value is -3.20. The maximum Gasteiger partial charge on any atom is 0.280 e. The normalized spacial score (nSPS) is 18.2. The predicted molar refractivity (Wildman–Crippen MR) is 160 cm³/mol. The van der Waals surface area contributed by atoms with Crippen molar-refractivity contribution in [3.05, 3.63) is 47.6 Å². The average Bonchev–Trinajstić information content (AvgIpc) is 3.55. The van der Waals surface area contributed by atoms with E-state index in [9.17, 15) is 13.2 Å². The summed E-state index contributed by atoms with van der Waals surface area (Å²) < 4.78 is 38.8. The monoisotopic (exact) mass is 605 g/mol. The van der Waals surface area contributed by atoms with Crippen LogP contribution < -0.4 is 14.8 Å². The number of hydrogen-bond acceptors (Lipinski definition) is 11. The summed E-state index contributed by atoms with van der Waals surface area (Å²) in [7, 11) is -3.44. The molecular weight excluding hydrogens is 566 g/mol. The second kappa shape index (κ2) is 13.2. The topological polar surface area (TPSA) is 149 Å². The van der Waals surface area contributed by atoms with Crippen LogP contribution in [0.25, 0.3) is 10.6 Å². The van der Waals surface area contributed by atoms with E-state index in [4.69, 9.17) is 9.47 Å². The molecule has 4 heterocycles. The zero-order valence-electron chi connectivity index (χ0n) is 23.2. The lowest BCUT2D eigenvalue weighted by Gasteiger charge is -2.24. The second-order valence-corrected chi connectivity index (χ2v) is 13.1. The second-order valence-electron chi connectivity index (χ2n) is 10.1. The van der Waals surface area contributed by atoms with E-state index in [0.29, 0.717) is 73.0 Å². The molecule has 12 nitrogen and oxygen atoms in total. The van der Waals surface area contributed by atoms with Gasteiger partial charge in [0.05, 0.1) is 53.2 Å². The molecule has 1 saturated carbocycles. The van der Waals surface area contributed by atoms with Gasteiger partial charge >= 0.3 is 0 Å². The third kappa shape index (κ3) is 7.76. The Morgan fingerprint density at radius 1 is 1.20 bits per heavy atom. The van der Waals surface area contributed by atoms with E-state index in [2.05, 4.69) is 34.9 Å². The molecule has 2 fully saturated rings. The highest BCUT2D eigenvalue weighted by Gasteiger charge is 2.36. The van der Waals surface area contributed by atoms with E-state index < -0.39 is 16.1 Å². The fourth-order valence-electron chi connectivity index (χ4n) is 4.70. The summed E-state index contributed by atoms with van der Waals surface area (Å²) in [6.45, 7) is 7.94. The van der Waals surface area contributed by atoms with Crippen LogP contribution in [-0.4, -0.2) is 83.9 Å². The van der Waals surface area contributed by atoms with E-state index >= 15 is 0 Å². The molecule has 1 amide bonds. The molecule has 1 aliphatic carbocycles. The first-order valence-corrected chi connectivity index (χ1v) is 16.2. The van der Waals surface area contributed by atoms with Gasteiger partial charge in [0.15, 0.2) is 5.01 Å². The Bertz CT molecular complexity index is 1460. The molecule has 1 saturated heterocycles. The number of anilines is 1. The third-order valence-electron chi connectivity index (χ3n) is 6.89. The predicted octanol–water partition coefficient (Wildman–Crippen LogP) is 3.62. The van der Waals surface area contributed by atoms with Gasteiger partial charge < -0.3 is 19.7 Å². The summed E-state index contributed by atoms with van der Waals surface area (Å²) in [6, 6.07) is 2.83. The Morgan fingerprint density at radius 3 is 2.83 bits per heavy atom. The Labute approximate surface area is 247 Å². The molecule has 0 radical (unpaired) electrons. The van der Waals surface area contributed by atoms with Crippen molar-refractivity contribution >= 4 is 33.0 Å². The van der Waals surface area contributed by atoms with Crippen molar-refractivity contribution in [2.45, 2.75) is 44.4 Å². The highest BCUT2D eigenvalue weighted by atomic mass is 32.2. The number of carbonyl (C=O) groups is 1. The highest BCUT2D eigenvalue weighted by molar-refractivity contribution is 7.93. The molecule has 2 N–H and O–H groups in total. The fourth-order valence-corrected chi connectivity index (χ4v) is 6.85. The number of aromatic nitrogens is 4. The molecule has 2 atom stereocenters. The summed E-state index contributed by atoms with van der Waals surface area (Å²) in [5.74, 6) is 0.475. The number of thiazole rings is 1. The first kappa shape index (κ1) is 29.3. The minimum absolute atomic E-state index is 0. The number of sulfonamides is 1. The lowest BCUT2D eigenvalue weighted by Crippen LogP contribution is -2.38. The van der Waals surface area contributed by atoms with E-state index in [0.717, 1.165) is 19.5 Å². The molecule has 2 aliphatic rings. The average molecular weight is 606 g/mol. The number of ether oxygens (including phenoxy) is 2.